The highest BCUT2D eigenvalue weighted by Gasteiger charge is 2.40. The minimum absolute atomic E-state index is 0.184. The van der Waals surface area contributed by atoms with Crippen LogP contribution in [0.4, 0.5) is 4.79 Å². The van der Waals surface area contributed by atoms with Crippen molar-refractivity contribution in [3.63, 3.8) is 0 Å². The van der Waals surface area contributed by atoms with E-state index in [4.69, 9.17) is 4.74 Å². The molecule has 1 N–H and O–H groups in total. The summed E-state index contributed by atoms with van der Waals surface area (Å²) in [4.78, 5) is 13.3. The van der Waals surface area contributed by atoms with Gasteiger partial charge in [-0.25, -0.2) is 4.79 Å². The summed E-state index contributed by atoms with van der Waals surface area (Å²) in [7, 11) is 1.87. The molecule has 1 rings (SSSR count). The van der Waals surface area contributed by atoms with Crippen molar-refractivity contribution in [1.82, 2.24) is 10.2 Å². The van der Waals surface area contributed by atoms with Crippen molar-refractivity contribution in [2.75, 3.05) is 26.7 Å². The van der Waals surface area contributed by atoms with Gasteiger partial charge in [-0.2, -0.15) is 0 Å². The molecule has 1 atom stereocenters. The van der Waals surface area contributed by atoms with Gasteiger partial charge in [-0.05, 0) is 19.9 Å². The molecule has 0 aliphatic carbocycles. The van der Waals surface area contributed by atoms with Gasteiger partial charge in [0.05, 0.1) is 6.54 Å². The normalized spacial score (nSPS) is 27.2. The second-order valence-corrected chi connectivity index (χ2v) is 4.62. The van der Waals surface area contributed by atoms with Crippen LogP contribution in [0.15, 0.2) is 0 Å². The Bertz CT molecular complexity index is 218. The molecule has 1 saturated heterocycles. The third-order valence-corrected chi connectivity index (χ3v) is 2.25. The summed E-state index contributed by atoms with van der Waals surface area (Å²) in [5.74, 6) is 0.486. The van der Waals surface area contributed by atoms with Gasteiger partial charge in [0.15, 0.2) is 0 Å². The van der Waals surface area contributed by atoms with Crippen LogP contribution in [0.25, 0.3) is 0 Å². The van der Waals surface area contributed by atoms with E-state index >= 15 is 0 Å². The molecule has 0 aromatic rings. The van der Waals surface area contributed by atoms with E-state index < -0.39 is 0 Å². The average molecular weight is 200 g/mol. The Morgan fingerprint density at radius 3 is 2.79 bits per heavy atom. The van der Waals surface area contributed by atoms with Crippen LogP contribution in [-0.4, -0.2) is 43.3 Å². The number of carbonyl (C=O) groups excluding carboxylic acids is 1. The van der Waals surface area contributed by atoms with Gasteiger partial charge in [-0.3, -0.25) is 0 Å². The number of nitrogens with zero attached hydrogens (tertiary/aromatic N) is 1. The smallest absolute Gasteiger partial charge is 0.410 e. The van der Waals surface area contributed by atoms with Crippen LogP contribution in [0.3, 0.4) is 0 Å². The molecule has 1 aliphatic rings. The van der Waals surface area contributed by atoms with Crippen molar-refractivity contribution in [3.8, 4) is 0 Å². The maximum absolute atomic E-state index is 11.5. The summed E-state index contributed by atoms with van der Waals surface area (Å²) in [6, 6.07) is 0. The van der Waals surface area contributed by atoms with Crippen molar-refractivity contribution in [2.45, 2.75) is 26.4 Å². The molecule has 1 aliphatic heterocycles. The standard InChI is InChI=1S/C10H20N2O2/c1-8(2)5-12-7-10(3,6-11-4)14-9(12)13/h8,11H,5-7H2,1-4H3. The van der Waals surface area contributed by atoms with Gasteiger partial charge >= 0.3 is 6.09 Å². The van der Waals surface area contributed by atoms with Gasteiger partial charge in [-0.1, -0.05) is 13.8 Å². The topological polar surface area (TPSA) is 41.6 Å². The van der Waals surface area contributed by atoms with Crippen LogP contribution < -0.4 is 5.32 Å². The summed E-state index contributed by atoms with van der Waals surface area (Å²) in [6.07, 6.45) is -0.184. The number of carbonyl (C=O) groups is 1. The molecule has 0 saturated carbocycles. The molecule has 0 aromatic carbocycles. The van der Waals surface area contributed by atoms with E-state index in [1.807, 2.05) is 14.0 Å². The maximum Gasteiger partial charge on any atom is 0.410 e. The Morgan fingerprint density at radius 2 is 2.29 bits per heavy atom. The molecule has 4 heteroatoms. The second-order valence-electron chi connectivity index (χ2n) is 4.62. The quantitative estimate of drug-likeness (QED) is 0.738. The molecular weight excluding hydrogens is 180 g/mol. The lowest BCUT2D eigenvalue weighted by Crippen LogP contribution is -2.40. The summed E-state index contributed by atoms with van der Waals surface area (Å²) in [5.41, 5.74) is -0.360. The zero-order valence-corrected chi connectivity index (χ0v) is 9.46. The molecule has 1 fully saturated rings. The van der Waals surface area contributed by atoms with Crippen LogP contribution in [-0.2, 0) is 4.74 Å². The third kappa shape index (κ3) is 2.61. The van der Waals surface area contributed by atoms with Gasteiger partial charge in [0.1, 0.15) is 5.60 Å². The van der Waals surface area contributed by atoms with Crippen LogP contribution in [0.2, 0.25) is 0 Å². The molecule has 0 spiro atoms. The molecule has 0 radical (unpaired) electrons. The lowest BCUT2D eigenvalue weighted by atomic mass is 10.1. The first-order valence-electron chi connectivity index (χ1n) is 5.09. The van der Waals surface area contributed by atoms with Crippen molar-refractivity contribution < 1.29 is 9.53 Å². The molecule has 0 bridgehead atoms. The van der Waals surface area contributed by atoms with Crippen molar-refractivity contribution in [1.29, 1.82) is 0 Å². The van der Waals surface area contributed by atoms with Crippen LogP contribution in [0.1, 0.15) is 20.8 Å². The molecule has 1 heterocycles. The number of nitrogens with one attached hydrogen (secondary N) is 1. The third-order valence-electron chi connectivity index (χ3n) is 2.25. The summed E-state index contributed by atoms with van der Waals surface area (Å²) in [5, 5.41) is 3.04. The number of hydrogen-bond acceptors (Lipinski definition) is 3. The van der Waals surface area contributed by atoms with Gasteiger partial charge < -0.3 is 15.0 Å². The monoisotopic (exact) mass is 200 g/mol. The average Bonchev–Trinajstić information content (AvgIpc) is 2.26. The molecule has 82 valence electrons. The fourth-order valence-corrected chi connectivity index (χ4v) is 1.82. The minimum Gasteiger partial charge on any atom is -0.440 e. The number of ether oxygens (including phenoxy) is 1. The number of amides is 1. The lowest BCUT2D eigenvalue weighted by Gasteiger charge is -2.21. The second kappa shape index (κ2) is 4.17. The van der Waals surface area contributed by atoms with E-state index in [1.54, 1.807) is 4.90 Å². The summed E-state index contributed by atoms with van der Waals surface area (Å²) in [6.45, 7) is 8.32. The highest BCUT2D eigenvalue weighted by atomic mass is 16.6. The largest absolute Gasteiger partial charge is 0.440 e. The Kier molecular flexibility index (Phi) is 3.37. The predicted molar refractivity (Wildman–Crippen MR) is 55.2 cm³/mol. The number of rotatable bonds is 4. The molecular formula is C10H20N2O2. The fraction of sp³-hybridized carbons (Fsp3) is 0.900. The van der Waals surface area contributed by atoms with Crippen LogP contribution >= 0.6 is 0 Å². The van der Waals surface area contributed by atoms with Gasteiger partial charge in [0.2, 0.25) is 0 Å². The number of cyclic esters (lactones) is 1. The van der Waals surface area contributed by atoms with Gasteiger partial charge in [-0.15, -0.1) is 0 Å². The number of hydrogen-bond donors (Lipinski definition) is 1. The molecule has 1 amide bonds. The Hall–Kier alpha value is -0.770. The maximum atomic E-state index is 11.5. The van der Waals surface area contributed by atoms with E-state index in [0.29, 0.717) is 19.0 Å². The Balaban J connectivity index is 2.54. The number of likely N-dealkylation sites (N-methyl/N-ethyl adjacent to an activating group) is 1. The minimum atomic E-state index is -0.360. The Labute approximate surface area is 85.6 Å². The summed E-state index contributed by atoms with van der Waals surface area (Å²) < 4.78 is 5.33. The first-order chi connectivity index (χ1) is 6.47. The van der Waals surface area contributed by atoms with Crippen molar-refractivity contribution in [3.05, 3.63) is 0 Å². The zero-order chi connectivity index (χ0) is 10.8. The van der Waals surface area contributed by atoms with E-state index in [9.17, 15) is 4.79 Å². The fourth-order valence-electron chi connectivity index (χ4n) is 1.82. The van der Waals surface area contributed by atoms with Gasteiger partial charge in [0.25, 0.3) is 0 Å². The van der Waals surface area contributed by atoms with E-state index in [1.165, 1.54) is 0 Å². The van der Waals surface area contributed by atoms with Crippen LogP contribution in [0.5, 0.6) is 0 Å². The van der Waals surface area contributed by atoms with E-state index in [2.05, 4.69) is 19.2 Å². The predicted octanol–water partition coefficient (Wildman–Crippen LogP) is 1.07. The molecule has 0 aromatic heterocycles. The molecule has 4 nitrogen and oxygen atoms in total. The van der Waals surface area contributed by atoms with E-state index in [-0.39, 0.29) is 11.7 Å². The lowest BCUT2D eigenvalue weighted by molar-refractivity contribution is 0.0729. The zero-order valence-electron chi connectivity index (χ0n) is 9.46. The van der Waals surface area contributed by atoms with Crippen molar-refractivity contribution >= 4 is 6.09 Å². The van der Waals surface area contributed by atoms with Crippen molar-refractivity contribution in [2.24, 2.45) is 5.92 Å². The summed E-state index contributed by atoms with van der Waals surface area (Å²) >= 11 is 0. The Morgan fingerprint density at radius 1 is 1.64 bits per heavy atom. The molecule has 1 unspecified atom stereocenters. The highest BCUT2D eigenvalue weighted by Crippen LogP contribution is 2.22. The highest BCUT2D eigenvalue weighted by molar-refractivity contribution is 5.70. The first kappa shape index (κ1) is 11.3. The van der Waals surface area contributed by atoms with E-state index in [0.717, 1.165) is 6.54 Å². The molecule has 14 heavy (non-hydrogen) atoms. The SMILES string of the molecule is CNCC1(C)CN(CC(C)C)C(=O)O1. The van der Waals surface area contributed by atoms with Gasteiger partial charge in [0, 0.05) is 13.1 Å². The first-order valence-corrected chi connectivity index (χ1v) is 5.09. The van der Waals surface area contributed by atoms with Crippen LogP contribution in [0, 0.1) is 5.92 Å².